The summed E-state index contributed by atoms with van der Waals surface area (Å²) in [7, 11) is 1.52. The van der Waals surface area contributed by atoms with Gasteiger partial charge < -0.3 is 18.7 Å². The fraction of sp³-hybridized carbons (Fsp3) is 0.500. The Hall–Kier alpha value is -2.09. The van der Waals surface area contributed by atoms with Gasteiger partial charge in [0, 0.05) is 6.42 Å². The van der Waals surface area contributed by atoms with Crippen molar-refractivity contribution in [1.82, 2.24) is 10.1 Å². The van der Waals surface area contributed by atoms with E-state index in [1.165, 1.54) is 7.11 Å². The molecular weight excluding hydrogens is 404 g/mol. The third-order valence-corrected chi connectivity index (χ3v) is 4.09. The highest BCUT2D eigenvalue weighted by Crippen LogP contribution is 2.37. The zero-order valence-electron chi connectivity index (χ0n) is 15.4. The first-order valence-electron chi connectivity index (χ1n) is 8.53. The number of ether oxygens (including phenoxy) is 3. The minimum Gasteiger partial charge on any atom is -0.493 e. The molecule has 1 unspecified atom stereocenters. The fourth-order valence-corrected chi connectivity index (χ4v) is 2.78. The lowest BCUT2D eigenvalue weighted by molar-refractivity contribution is 0.0265. The highest BCUT2D eigenvalue weighted by molar-refractivity contribution is 9.10. The molecule has 0 bridgehead atoms. The van der Waals surface area contributed by atoms with E-state index in [1.54, 1.807) is 19.1 Å². The van der Waals surface area contributed by atoms with E-state index in [-0.39, 0.29) is 5.89 Å². The van der Waals surface area contributed by atoms with Crippen molar-refractivity contribution < 1.29 is 23.5 Å². The van der Waals surface area contributed by atoms with Crippen LogP contribution in [0.1, 0.15) is 61.8 Å². The smallest absolute Gasteiger partial charge is 0.339 e. The normalized spacial score (nSPS) is 11.9. The molecule has 1 atom stereocenters. The Bertz CT molecular complexity index is 747. The molecule has 0 radical (unpaired) electrons. The number of esters is 1. The number of halogens is 1. The van der Waals surface area contributed by atoms with Gasteiger partial charge in [0.25, 0.3) is 5.89 Å². The average molecular weight is 427 g/mol. The molecule has 0 amide bonds. The number of rotatable bonds is 9. The molecule has 1 aromatic carbocycles. The first kappa shape index (κ1) is 20.2. The summed E-state index contributed by atoms with van der Waals surface area (Å²) in [6.07, 6.45) is 1.84. The van der Waals surface area contributed by atoms with E-state index in [4.69, 9.17) is 18.7 Å². The molecule has 1 aromatic heterocycles. The van der Waals surface area contributed by atoms with Crippen LogP contribution in [0.5, 0.6) is 11.5 Å². The van der Waals surface area contributed by atoms with Gasteiger partial charge in [0.1, 0.15) is 0 Å². The minimum absolute atomic E-state index is 0.274. The van der Waals surface area contributed by atoms with Crippen LogP contribution in [0.15, 0.2) is 21.1 Å². The molecule has 0 N–H and O–H groups in total. The summed E-state index contributed by atoms with van der Waals surface area (Å²) >= 11 is 3.42. The molecule has 7 nitrogen and oxygen atoms in total. The summed E-state index contributed by atoms with van der Waals surface area (Å²) in [5.41, 5.74) is 0.331. The first-order chi connectivity index (χ1) is 12.5. The largest absolute Gasteiger partial charge is 0.493 e. The van der Waals surface area contributed by atoms with E-state index in [2.05, 4.69) is 26.1 Å². The predicted molar refractivity (Wildman–Crippen MR) is 98.6 cm³/mol. The van der Waals surface area contributed by atoms with Crippen LogP contribution in [-0.2, 0) is 11.2 Å². The zero-order valence-corrected chi connectivity index (χ0v) is 17.0. The number of nitrogens with zero attached hydrogens (tertiary/aromatic N) is 2. The highest BCUT2D eigenvalue weighted by atomic mass is 79.9. The highest BCUT2D eigenvalue weighted by Gasteiger charge is 2.22. The number of carbonyl (C=O) groups excluding carboxylic acids is 1. The summed E-state index contributed by atoms with van der Waals surface area (Å²) in [5, 5.41) is 3.87. The molecule has 26 heavy (non-hydrogen) atoms. The second-order valence-corrected chi connectivity index (χ2v) is 6.54. The van der Waals surface area contributed by atoms with Gasteiger partial charge in [-0.05, 0) is 47.8 Å². The van der Waals surface area contributed by atoms with Crippen molar-refractivity contribution in [2.45, 2.75) is 46.1 Å². The van der Waals surface area contributed by atoms with Crippen LogP contribution in [0, 0.1) is 0 Å². The maximum absolute atomic E-state index is 12.5. The van der Waals surface area contributed by atoms with E-state index in [1.807, 2.05) is 13.8 Å². The lowest BCUT2D eigenvalue weighted by Gasteiger charge is -2.14. The lowest BCUT2D eigenvalue weighted by Crippen LogP contribution is -2.10. The van der Waals surface area contributed by atoms with Crippen LogP contribution < -0.4 is 9.47 Å². The Morgan fingerprint density at radius 2 is 2.08 bits per heavy atom. The molecule has 0 fully saturated rings. The van der Waals surface area contributed by atoms with E-state index in [0.29, 0.717) is 40.4 Å². The molecule has 0 saturated heterocycles. The van der Waals surface area contributed by atoms with Crippen molar-refractivity contribution in [3.8, 4) is 11.5 Å². The second-order valence-electron chi connectivity index (χ2n) is 5.68. The molecule has 0 aliphatic heterocycles. The minimum atomic E-state index is -0.651. The number of aromatic nitrogens is 2. The molecule has 8 heteroatoms. The predicted octanol–water partition coefficient (Wildman–Crippen LogP) is 4.50. The van der Waals surface area contributed by atoms with Gasteiger partial charge in [0.2, 0.25) is 0 Å². The Morgan fingerprint density at radius 3 is 2.73 bits per heavy atom. The van der Waals surface area contributed by atoms with E-state index in [9.17, 15) is 4.79 Å². The van der Waals surface area contributed by atoms with Crippen LogP contribution in [0.3, 0.4) is 0 Å². The van der Waals surface area contributed by atoms with Crippen LogP contribution in [0.25, 0.3) is 0 Å². The Morgan fingerprint density at radius 1 is 1.31 bits per heavy atom. The van der Waals surface area contributed by atoms with Gasteiger partial charge in [-0.2, -0.15) is 4.98 Å². The molecular formula is C18H23BrN2O5. The van der Waals surface area contributed by atoms with Crippen LogP contribution in [0.4, 0.5) is 0 Å². The summed E-state index contributed by atoms with van der Waals surface area (Å²) < 4.78 is 22.2. The zero-order chi connectivity index (χ0) is 19.1. The van der Waals surface area contributed by atoms with Gasteiger partial charge in [-0.15, -0.1) is 0 Å². The monoisotopic (exact) mass is 426 g/mol. The van der Waals surface area contributed by atoms with E-state index in [0.717, 1.165) is 12.8 Å². The van der Waals surface area contributed by atoms with Crippen molar-refractivity contribution in [2.75, 3.05) is 13.7 Å². The van der Waals surface area contributed by atoms with Crippen LogP contribution in [0.2, 0.25) is 0 Å². The average Bonchev–Trinajstić information content (AvgIpc) is 3.09. The topological polar surface area (TPSA) is 83.7 Å². The number of benzene rings is 1. The molecule has 2 rings (SSSR count). The summed E-state index contributed by atoms with van der Waals surface area (Å²) in [6, 6.07) is 3.22. The van der Waals surface area contributed by atoms with E-state index >= 15 is 0 Å². The number of methoxy groups -OCH3 is 1. The van der Waals surface area contributed by atoms with Crippen LogP contribution >= 0.6 is 15.9 Å². The number of hydrogen-bond donors (Lipinski definition) is 0. The van der Waals surface area contributed by atoms with Gasteiger partial charge in [-0.3, -0.25) is 0 Å². The maximum atomic E-state index is 12.5. The molecule has 0 spiro atoms. The van der Waals surface area contributed by atoms with Crippen molar-refractivity contribution in [2.24, 2.45) is 0 Å². The molecule has 2 aromatic rings. The summed E-state index contributed by atoms with van der Waals surface area (Å²) in [4.78, 5) is 16.7. The standard InChI is InChI=1S/C18H23BrN2O5/c1-5-7-15-20-17(26-21-15)11(3)25-18(22)12-9-13(19)16(24-8-6-2)14(10-12)23-4/h9-11H,5-8H2,1-4H3. The van der Waals surface area contributed by atoms with Crippen molar-refractivity contribution in [3.63, 3.8) is 0 Å². The Kier molecular flexibility index (Phi) is 7.44. The van der Waals surface area contributed by atoms with Crippen LogP contribution in [-0.4, -0.2) is 29.8 Å². The quantitative estimate of drug-likeness (QED) is 0.545. The third kappa shape index (κ3) is 4.97. The molecule has 142 valence electrons. The Balaban J connectivity index is 2.14. The van der Waals surface area contributed by atoms with Gasteiger partial charge in [-0.25, -0.2) is 4.79 Å². The van der Waals surface area contributed by atoms with Crippen molar-refractivity contribution in [3.05, 3.63) is 33.9 Å². The second kappa shape index (κ2) is 9.56. The molecule has 0 saturated carbocycles. The maximum Gasteiger partial charge on any atom is 0.339 e. The van der Waals surface area contributed by atoms with Crippen molar-refractivity contribution >= 4 is 21.9 Å². The van der Waals surface area contributed by atoms with Gasteiger partial charge >= 0.3 is 5.97 Å². The fourth-order valence-electron chi connectivity index (χ4n) is 2.22. The van der Waals surface area contributed by atoms with Gasteiger partial charge in [-0.1, -0.05) is 19.0 Å². The van der Waals surface area contributed by atoms with E-state index < -0.39 is 12.1 Å². The van der Waals surface area contributed by atoms with Crippen molar-refractivity contribution in [1.29, 1.82) is 0 Å². The summed E-state index contributed by atoms with van der Waals surface area (Å²) in [5.74, 6) is 1.37. The molecule has 1 heterocycles. The summed E-state index contributed by atoms with van der Waals surface area (Å²) in [6.45, 7) is 6.27. The number of carbonyl (C=O) groups is 1. The first-order valence-corrected chi connectivity index (χ1v) is 9.33. The lowest BCUT2D eigenvalue weighted by atomic mass is 10.2. The van der Waals surface area contributed by atoms with Gasteiger partial charge in [0.05, 0.1) is 23.8 Å². The number of hydrogen-bond acceptors (Lipinski definition) is 7. The SMILES string of the molecule is CCCOc1c(Br)cc(C(=O)OC(C)c2nc(CCC)no2)cc1OC. The third-order valence-electron chi connectivity index (χ3n) is 3.50. The van der Waals surface area contributed by atoms with Gasteiger partial charge in [0.15, 0.2) is 23.4 Å². The Labute approximate surface area is 161 Å². The molecule has 0 aliphatic carbocycles. The molecule has 0 aliphatic rings. The number of aryl methyl sites for hydroxylation is 1.